The minimum atomic E-state index is 0.545. The molecule has 0 bridgehead atoms. The van der Waals surface area contributed by atoms with Crippen LogP contribution in [0.15, 0.2) is 42.7 Å². The molecule has 0 spiro atoms. The van der Waals surface area contributed by atoms with Crippen molar-refractivity contribution in [3.05, 3.63) is 54.1 Å². The van der Waals surface area contributed by atoms with E-state index in [1.807, 2.05) is 0 Å². The Labute approximate surface area is 174 Å². The van der Waals surface area contributed by atoms with Crippen molar-refractivity contribution in [1.29, 1.82) is 0 Å². The Balaban J connectivity index is 1.74. The third-order valence-corrected chi connectivity index (χ3v) is 5.80. The Morgan fingerprint density at radius 1 is 0.786 bits per heavy atom. The van der Waals surface area contributed by atoms with Crippen molar-refractivity contribution >= 4 is 0 Å². The van der Waals surface area contributed by atoms with E-state index in [1.165, 1.54) is 82.0 Å². The van der Waals surface area contributed by atoms with E-state index in [9.17, 15) is 0 Å². The van der Waals surface area contributed by atoms with Gasteiger partial charge in [-0.05, 0) is 38.7 Å². The molecule has 2 rings (SSSR count). The lowest BCUT2D eigenvalue weighted by atomic mass is 10.1. The number of hydrogen-bond donors (Lipinski definition) is 0. The molecule has 0 saturated carbocycles. The Morgan fingerprint density at radius 2 is 1.43 bits per heavy atom. The molecule has 0 fully saturated rings. The standard InChI is InChI=1S/C26H43N2/c1-4-5-6-7-8-9-10-11-15-20-26-27(22-23-28(26)24(2)3)21-16-19-25-17-13-12-14-18-25/h12-14,17-18,22-24H,4-11,15-16,19-21H2,1-3H3/q+1. The van der Waals surface area contributed by atoms with Gasteiger partial charge in [-0.1, -0.05) is 88.6 Å². The number of imidazole rings is 1. The average molecular weight is 384 g/mol. The molecule has 2 aromatic rings. The van der Waals surface area contributed by atoms with Crippen molar-refractivity contribution in [1.82, 2.24) is 4.57 Å². The van der Waals surface area contributed by atoms with Gasteiger partial charge >= 0.3 is 0 Å². The highest BCUT2D eigenvalue weighted by Crippen LogP contribution is 2.14. The second kappa shape index (κ2) is 13.6. The van der Waals surface area contributed by atoms with E-state index in [1.54, 1.807) is 0 Å². The van der Waals surface area contributed by atoms with Crippen LogP contribution in [0, 0.1) is 0 Å². The summed E-state index contributed by atoms with van der Waals surface area (Å²) in [5, 5.41) is 0. The molecule has 0 aliphatic carbocycles. The molecule has 156 valence electrons. The summed E-state index contributed by atoms with van der Waals surface area (Å²) in [4.78, 5) is 0. The number of nitrogens with zero attached hydrogens (tertiary/aromatic N) is 2. The normalized spacial score (nSPS) is 11.4. The minimum absolute atomic E-state index is 0.545. The second-order valence-electron chi connectivity index (χ2n) is 8.58. The molecule has 0 aliphatic heterocycles. The first-order valence-electron chi connectivity index (χ1n) is 11.9. The first-order chi connectivity index (χ1) is 13.7. The lowest BCUT2D eigenvalue weighted by molar-refractivity contribution is -0.704. The fourth-order valence-corrected chi connectivity index (χ4v) is 4.11. The van der Waals surface area contributed by atoms with Gasteiger partial charge in [-0.2, -0.15) is 0 Å². The molecule has 0 atom stereocenters. The van der Waals surface area contributed by atoms with Crippen molar-refractivity contribution in [3.8, 4) is 0 Å². The summed E-state index contributed by atoms with van der Waals surface area (Å²) in [5.74, 6) is 1.52. The van der Waals surface area contributed by atoms with Crippen LogP contribution in [0.1, 0.15) is 102 Å². The fourth-order valence-electron chi connectivity index (χ4n) is 4.11. The number of aromatic nitrogens is 2. The average Bonchev–Trinajstić information content (AvgIpc) is 3.10. The topological polar surface area (TPSA) is 8.81 Å². The molecular weight excluding hydrogens is 340 g/mol. The van der Waals surface area contributed by atoms with Gasteiger partial charge in [0.05, 0.1) is 12.6 Å². The Kier molecular flexibility index (Phi) is 11.0. The molecule has 2 heteroatoms. The van der Waals surface area contributed by atoms with Crippen molar-refractivity contribution in [2.75, 3.05) is 0 Å². The van der Waals surface area contributed by atoms with Crippen LogP contribution in [0.5, 0.6) is 0 Å². The summed E-state index contributed by atoms with van der Waals surface area (Å²) in [6.45, 7) is 8.02. The number of hydrogen-bond acceptors (Lipinski definition) is 0. The first-order valence-corrected chi connectivity index (χ1v) is 11.9. The van der Waals surface area contributed by atoms with Crippen LogP contribution in [-0.4, -0.2) is 4.57 Å². The van der Waals surface area contributed by atoms with Crippen LogP contribution < -0.4 is 4.57 Å². The molecule has 0 amide bonds. The van der Waals surface area contributed by atoms with Gasteiger partial charge in [0.1, 0.15) is 12.4 Å². The van der Waals surface area contributed by atoms with E-state index in [0.717, 1.165) is 13.0 Å². The van der Waals surface area contributed by atoms with Gasteiger partial charge in [0.2, 0.25) is 0 Å². The Morgan fingerprint density at radius 3 is 2.07 bits per heavy atom. The van der Waals surface area contributed by atoms with Gasteiger partial charge in [-0.15, -0.1) is 0 Å². The number of unbranched alkanes of at least 4 members (excludes halogenated alkanes) is 8. The van der Waals surface area contributed by atoms with E-state index >= 15 is 0 Å². The van der Waals surface area contributed by atoms with E-state index in [0.29, 0.717) is 6.04 Å². The highest BCUT2D eigenvalue weighted by Gasteiger charge is 2.18. The van der Waals surface area contributed by atoms with Gasteiger partial charge in [0.25, 0.3) is 5.82 Å². The molecule has 0 radical (unpaired) electrons. The molecule has 1 aromatic heterocycles. The first kappa shape index (κ1) is 22.7. The largest absolute Gasteiger partial charge is 0.256 e. The van der Waals surface area contributed by atoms with Crippen LogP contribution in [0.4, 0.5) is 0 Å². The van der Waals surface area contributed by atoms with Crippen LogP contribution in [0.3, 0.4) is 0 Å². The minimum Gasteiger partial charge on any atom is -0.234 e. The molecule has 2 nitrogen and oxygen atoms in total. The van der Waals surface area contributed by atoms with Crippen molar-refractivity contribution in [2.45, 2.75) is 110 Å². The second-order valence-corrected chi connectivity index (χ2v) is 8.58. The maximum atomic E-state index is 2.51. The van der Waals surface area contributed by atoms with Gasteiger partial charge < -0.3 is 0 Å². The summed E-state index contributed by atoms with van der Waals surface area (Å²) in [6.07, 6.45) is 20.8. The smallest absolute Gasteiger partial charge is 0.234 e. The zero-order valence-corrected chi connectivity index (χ0v) is 18.7. The van der Waals surface area contributed by atoms with E-state index in [-0.39, 0.29) is 0 Å². The molecular formula is C26H43N2+. The van der Waals surface area contributed by atoms with E-state index < -0.39 is 0 Å². The van der Waals surface area contributed by atoms with Crippen molar-refractivity contribution < 1.29 is 4.57 Å². The molecule has 0 unspecified atom stereocenters. The van der Waals surface area contributed by atoms with Crippen LogP contribution in [0.2, 0.25) is 0 Å². The third-order valence-electron chi connectivity index (χ3n) is 5.80. The maximum Gasteiger partial charge on any atom is 0.256 e. The quantitative estimate of drug-likeness (QED) is 0.230. The summed E-state index contributed by atoms with van der Waals surface area (Å²) in [6, 6.07) is 11.4. The zero-order chi connectivity index (χ0) is 20.0. The lowest BCUT2D eigenvalue weighted by Crippen LogP contribution is -2.37. The number of rotatable bonds is 15. The van der Waals surface area contributed by atoms with Crippen LogP contribution in [-0.2, 0) is 19.4 Å². The number of benzene rings is 1. The number of aryl methyl sites for hydroxylation is 2. The monoisotopic (exact) mass is 383 g/mol. The predicted octanol–water partition coefficient (Wildman–Crippen LogP) is 7.06. The van der Waals surface area contributed by atoms with Gasteiger partial charge in [-0.25, -0.2) is 9.13 Å². The summed E-state index contributed by atoms with van der Waals surface area (Å²) in [5.41, 5.74) is 1.45. The van der Waals surface area contributed by atoms with Crippen molar-refractivity contribution in [3.63, 3.8) is 0 Å². The summed E-state index contributed by atoms with van der Waals surface area (Å²) < 4.78 is 4.99. The lowest BCUT2D eigenvalue weighted by Gasteiger charge is -2.08. The molecule has 1 heterocycles. The van der Waals surface area contributed by atoms with Crippen LogP contribution >= 0.6 is 0 Å². The van der Waals surface area contributed by atoms with Crippen LogP contribution in [0.25, 0.3) is 0 Å². The van der Waals surface area contributed by atoms with Crippen molar-refractivity contribution in [2.24, 2.45) is 0 Å². The highest BCUT2D eigenvalue weighted by molar-refractivity contribution is 5.14. The molecule has 0 N–H and O–H groups in total. The Hall–Kier alpha value is -1.57. The molecule has 1 aromatic carbocycles. The summed E-state index contributed by atoms with van der Waals surface area (Å²) >= 11 is 0. The third kappa shape index (κ3) is 8.20. The predicted molar refractivity (Wildman–Crippen MR) is 121 cm³/mol. The summed E-state index contributed by atoms with van der Waals surface area (Å²) in [7, 11) is 0. The molecule has 28 heavy (non-hydrogen) atoms. The zero-order valence-electron chi connectivity index (χ0n) is 18.7. The van der Waals surface area contributed by atoms with Gasteiger partial charge in [0.15, 0.2) is 0 Å². The van der Waals surface area contributed by atoms with E-state index in [2.05, 4.69) is 72.6 Å². The Bertz CT molecular complexity index is 627. The van der Waals surface area contributed by atoms with Gasteiger partial charge in [0, 0.05) is 6.42 Å². The highest BCUT2D eigenvalue weighted by atomic mass is 15.2. The van der Waals surface area contributed by atoms with Gasteiger partial charge in [-0.3, -0.25) is 0 Å². The van der Waals surface area contributed by atoms with E-state index in [4.69, 9.17) is 0 Å². The SMILES string of the molecule is CCCCCCCCCCCc1n(C(C)C)cc[n+]1CCCc1ccccc1. The molecule has 0 saturated heterocycles. The fraction of sp³-hybridized carbons (Fsp3) is 0.654. The molecule has 0 aliphatic rings. The maximum absolute atomic E-state index is 2.51.